The number of hydrogen-bond acceptors (Lipinski definition) is 2. The average molecular weight is 389 g/mol. The van der Waals surface area contributed by atoms with Gasteiger partial charge in [-0.05, 0) is 68.8 Å². The van der Waals surface area contributed by atoms with Gasteiger partial charge in [-0.15, -0.1) is 0 Å². The van der Waals surface area contributed by atoms with E-state index in [1.54, 1.807) is 6.08 Å². The topological polar surface area (TPSA) is 23.6 Å². The Morgan fingerprint density at radius 1 is 0.897 bits per heavy atom. The summed E-state index contributed by atoms with van der Waals surface area (Å²) in [6.45, 7) is 1.79. The number of carbonyl (C=O) groups excluding carboxylic acids is 1. The van der Waals surface area contributed by atoms with Gasteiger partial charge >= 0.3 is 0 Å². The van der Waals surface area contributed by atoms with E-state index in [0.717, 1.165) is 37.9 Å². The molecule has 1 aliphatic carbocycles. The lowest BCUT2D eigenvalue weighted by Gasteiger charge is -2.49. The molecule has 3 heteroatoms. The van der Waals surface area contributed by atoms with Crippen molar-refractivity contribution in [3.05, 3.63) is 77.9 Å². The first-order valence-electron chi connectivity index (χ1n) is 10.8. The molecule has 0 aromatic heterocycles. The fourth-order valence-electron chi connectivity index (χ4n) is 5.30. The lowest BCUT2D eigenvalue weighted by molar-refractivity contribution is -0.125. The highest BCUT2D eigenvalue weighted by Gasteiger charge is 2.48. The Bertz CT molecular complexity index is 849. The average Bonchev–Trinajstić information content (AvgIpc) is 3.18. The van der Waals surface area contributed by atoms with Crippen LogP contribution in [0, 0.1) is 5.41 Å². The van der Waals surface area contributed by atoms with E-state index in [4.69, 9.17) is 0 Å². The molecule has 0 bridgehead atoms. The summed E-state index contributed by atoms with van der Waals surface area (Å²) in [5.41, 5.74) is 2.92. The Hall–Kier alpha value is -2.39. The molecule has 0 atom stereocenters. The molecule has 152 valence electrons. The van der Waals surface area contributed by atoms with E-state index in [1.165, 1.54) is 18.4 Å². The Kier molecular flexibility index (Phi) is 5.60. The SMILES string of the molecule is CN(C)C1(c2ccccc2)CCC2(CCN(C(=O)C=Cc3ccccc3)C2)CC1. The summed E-state index contributed by atoms with van der Waals surface area (Å²) in [4.78, 5) is 17.2. The molecule has 29 heavy (non-hydrogen) atoms. The zero-order valence-corrected chi connectivity index (χ0v) is 17.7. The van der Waals surface area contributed by atoms with Crippen molar-refractivity contribution in [2.45, 2.75) is 37.6 Å². The van der Waals surface area contributed by atoms with Crippen LogP contribution in [0.5, 0.6) is 0 Å². The van der Waals surface area contributed by atoms with E-state index in [2.05, 4.69) is 54.2 Å². The lowest BCUT2D eigenvalue weighted by atomic mass is 9.64. The van der Waals surface area contributed by atoms with Crippen molar-refractivity contribution in [2.75, 3.05) is 27.2 Å². The van der Waals surface area contributed by atoms with Crippen LogP contribution >= 0.6 is 0 Å². The van der Waals surface area contributed by atoms with Crippen LogP contribution in [0.25, 0.3) is 6.08 Å². The summed E-state index contributed by atoms with van der Waals surface area (Å²) >= 11 is 0. The largest absolute Gasteiger partial charge is 0.339 e. The van der Waals surface area contributed by atoms with Crippen molar-refractivity contribution >= 4 is 12.0 Å². The third kappa shape index (κ3) is 4.02. The minimum Gasteiger partial charge on any atom is -0.339 e. The minimum atomic E-state index is 0.122. The summed E-state index contributed by atoms with van der Waals surface area (Å²) in [7, 11) is 4.42. The smallest absolute Gasteiger partial charge is 0.246 e. The third-order valence-electron chi connectivity index (χ3n) is 7.27. The van der Waals surface area contributed by atoms with Gasteiger partial charge in [0.15, 0.2) is 0 Å². The quantitative estimate of drug-likeness (QED) is 0.692. The molecule has 1 amide bonds. The van der Waals surface area contributed by atoms with Crippen LogP contribution in [0.15, 0.2) is 66.7 Å². The van der Waals surface area contributed by atoms with Gasteiger partial charge in [-0.2, -0.15) is 0 Å². The van der Waals surface area contributed by atoms with Crippen molar-refractivity contribution in [2.24, 2.45) is 5.41 Å². The van der Waals surface area contributed by atoms with Crippen LogP contribution in [0.4, 0.5) is 0 Å². The molecular weight excluding hydrogens is 356 g/mol. The van der Waals surface area contributed by atoms with Crippen LogP contribution < -0.4 is 0 Å². The van der Waals surface area contributed by atoms with E-state index in [9.17, 15) is 4.79 Å². The summed E-state index contributed by atoms with van der Waals surface area (Å²) in [5, 5.41) is 0. The van der Waals surface area contributed by atoms with Gasteiger partial charge in [0, 0.05) is 24.7 Å². The fourth-order valence-corrected chi connectivity index (χ4v) is 5.30. The van der Waals surface area contributed by atoms with Crippen molar-refractivity contribution < 1.29 is 4.79 Å². The first-order valence-corrected chi connectivity index (χ1v) is 10.8. The highest BCUT2D eigenvalue weighted by atomic mass is 16.2. The van der Waals surface area contributed by atoms with Gasteiger partial charge in [-0.3, -0.25) is 9.69 Å². The maximum atomic E-state index is 12.7. The standard InChI is InChI=1S/C26H32N2O/c1-27(2)26(23-11-7-4-8-12-23)17-15-25(16-18-26)19-20-28(21-25)24(29)14-13-22-9-5-3-6-10-22/h3-14H,15-21H2,1-2H3. The number of likely N-dealkylation sites (tertiary alicyclic amines) is 1. The Balaban J connectivity index is 1.41. The summed E-state index contributed by atoms with van der Waals surface area (Å²) in [6.07, 6.45) is 9.50. The molecule has 0 N–H and O–H groups in total. The van der Waals surface area contributed by atoms with Crippen LogP contribution in [-0.2, 0) is 10.3 Å². The van der Waals surface area contributed by atoms with Crippen LogP contribution in [0.2, 0.25) is 0 Å². The molecule has 3 nitrogen and oxygen atoms in total. The molecule has 2 aromatic carbocycles. The molecule has 1 heterocycles. The second kappa shape index (κ2) is 8.16. The zero-order valence-electron chi connectivity index (χ0n) is 17.7. The van der Waals surface area contributed by atoms with Crippen LogP contribution in [0.1, 0.15) is 43.2 Å². The Morgan fingerprint density at radius 2 is 1.52 bits per heavy atom. The third-order valence-corrected chi connectivity index (χ3v) is 7.27. The maximum Gasteiger partial charge on any atom is 0.246 e. The molecular formula is C26H32N2O. The van der Waals surface area contributed by atoms with Gasteiger partial charge < -0.3 is 4.90 Å². The fraction of sp³-hybridized carbons (Fsp3) is 0.423. The molecule has 4 rings (SSSR count). The molecule has 0 radical (unpaired) electrons. The second-order valence-corrected chi connectivity index (χ2v) is 9.05. The number of nitrogens with zero attached hydrogens (tertiary/aromatic N) is 2. The summed E-state index contributed by atoms with van der Waals surface area (Å²) in [6, 6.07) is 21.0. The Labute approximate surface area is 175 Å². The Morgan fingerprint density at radius 3 is 2.14 bits per heavy atom. The monoisotopic (exact) mass is 388 g/mol. The van der Waals surface area contributed by atoms with Gasteiger partial charge in [0.25, 0.3) is 0 Å². The minimum absolute atomic E-state index is 0.122. The van der Waals surface area contributed by atoms with Gasteiger partial charge in [0.2, 0.25) is 5.91 Å². The predicted octanol–water partition coefficient (Wildman–Crippen LogP) is 4.95. The number of hydrogen-bond donors (Lipinski definition) is 0. The van der Waals surface area contributed by atoms with Gasteiger partial charge in [0.05, 0.1) is 0 Å². The molecule has 1 saturated heterocycles. The van der Waals surface area contributed by atoms with Crippen LogP contribution in [-0.4, -0.2) is 42.9 Å². The maximum absolute atomic E-state index is 12.7. The van der Waals surface area contributed by atoms with E-state index in [-0.39, 0.29) is 11.4 Å². The van der Waals surface area contributed by atoms with Crippen molar-refractivity contribution in [1.82, 2.24) is 9.80 Å². The van der Waals surface area contributed by atoms with E-state index in [1.807, 2.05) is 36.4 Å². The molecule has 1 saturated carbocycles. The predicted molar refractivity (Wildman–Crippen MR) is 119 cm³/mol. The van der Waals surface area contributed by atoms with E-state index < -0.39 is 0 Å². The number of amides is 1. The van der Waals surface area contributed by atoms with Crippen molar-refractivity contribution in [3.63, 3.8) is 0 Å². The van der Waals surface area contributed by atoms with Gasteiger partial charge in [-0.1, -0.05) is 60.7 Å². The summed E-state index contributed by atoms with van der Waals surface area (Å²) in [5.74, 6) is 0.151. The highest BCUT2D eigenvalue weighted by molar-refractivity contribution is 5.92. The normalized spacial score (nSPS) is 27.2. The first kappa shape index (κ1) is 19.9. The van der Waals surface area contributed by atoms with E-state index >= 15 is 0 Å². The number of carbonyl (C=O) groups is 1. The van der Waals surface area contributed by atoms with Crippen molar-refractivity contribution in [3.8, 4) is 0 Å². The van der Waals surface area contributed by atoms with Gasteiger partial charge in [-0.25, -0.2) is 0 Å². The van der Waals surface area contributed by atoms with E-state index in [0.29, 0.717) is 5.41 Å². The summed E-state index contributed by atoms with van der Waals surface area (Å²) < 4.78 is 0. The molecule has 1 spiro atoms. The lowest BCUT2D eigenvalue weighted by Crippen LogP contribution is -2.47. The van der Waals surface area contributed by atoms with Gasteiger partial charge in [0.1, 0.15) is 0 Å². The first-order chi connectivity index (χ1) is 14.0. The zero-order chi connectivity index (χ0) is 20.3. The van der Waals surface area contributed by atoms with Crippen molar-refractivity contribution in [1.29, 1.82) is 0 Å². The number of rotatable bonds is 4. The molecule has 0 unspecified atom stereocenters. The molecule has 1 aliphatic heterocycles. The molecule has 2 fully saturated rings. The molecule has 2 aromatic rings. The molecule has 2 aliphatic rings. The number of benzene rings is 2. The van der Waals surface area contributed by atoms with Crippen LogP contribution in [0.3, 0.4) is 0 Å². The highest BCUT2D eigenvalue weighted by Crippen LogP contribution is 2.51. The second-order valence-electron chi connectivity index (χ2n) is 9.05.